The monoisotopic (exact) mass is 416 g/mol. The third kappa shape index (κ3) is 5.07. The van der Waals surface area contributed by atoms with E-state index in [0.29, 0.717) is 16.9 Å². The summed E-state index contributed by atoms with van der Waals surface area (Å²) in [7, 11) is -3.82. The molecule has 2 aromatic rings. The van der Waals surface area contributed by atoms with Crippen LogP contribution in [0, 0.1) is 6.92 Å². The van der Waals surface area contributed by atoms with Gasteiger partial charge in [-0.25, -0.2) is 8.42 Å². The number of carbonyl (C=O) groups excluding carboxylic acids is 1. The lowest BCUT2D eigenvalue weighted by atomic mass is 10.2. The summed E-state index contributed by atoms with van der Waals surface area (Å²) in [6, 6.07) is 12.3. The Morgan fingerprint density at radius 3 is 2.41 bits per heavy atom. The molecule has 0 atom stereocenters. The fourth-order valence-corrected chi connectivity index (χ4v) is 4.86. The quantitative estimate of drug-likeness (QED) is 0.757. The predicted octanol–water partition coefficient (Wildman–Crippen LogP) is 2.90. The van der Waals surface area contributed by atoms with Crippen molar-refractivity contribution in [3.63, 3.8) is 0 Å². The second-order valence-electron chi connectivity index (χ2n) is 7.21. The molecule has 0 bridgehead atoms. The van der Waals surface area contributed by atoms with Gasteiger partial charge in [-0.15, -0.1) is 0 Å². The number of nitrogens with one attached hydrogen (secondary N) is 2. The standard InChI is InChI=1S/C21H28N4O3S/c1-4-24-11-13-25(14-12-24)20-8-6-5-7-19(20)23-29(27,28)21-15-18(22-17(3)26)10-9-16(21)2/h5-10,15,23H,4,11-14H2,1-3H3,(H,22,26). The molecule has 7 nitrogen and oxygen atoms in total. The molecule has 1 aliphatic heterocycles. The van der Waals surface area contributed by atoms with Crippen LogP contribution in [0.4, 0.5) is 17.1 Å². The second-order valence-corrected chi connectivity index (χ2v) is 8.86. The highest BCUT2D eigenvalue weighted by atomic mass is 32.2. The minimum atomic E-state index is -3.82. The number of hydrogen-bond acceptors (Lipinski definition) is 5. The first-order valence-corrected chi connectivity index (χ1v) is 11.3. The number of amides is 1. The molecule has 0 aromatic heterocycles. The summed E-state index contributed by atoms with van der Waals surface area (Å²) in [5.41, 5.74) is 2.50. The summed E-state index contributed by atoms with van der Waals surface area (Å²) in [4.78, 5) is 16.1. The molecule has 2 aromatic carbocycles. The molecular formula is C21H28N4O3S. The summed E-state index contributed by atoms with van der Waals surface area (Å²) in [5.74, 6) is -0.248. The summed E-state index contributed by atoms with van der Waals surface area (Å²) in [6.45, 7) is 9.90. The molecule has 0 aliphatic carbocycles. The van der Waals surface area contributed by atoms with E-state index in [1.165, 1.54) is 13.0 Å². The highest BCUT2D eigenvalue weighted by molar-refractivity contribution is 7.92. The number of benzene rings is 2. The lowest BCUT2D eigenvalue weighted by Crippen LogP contribution is -2.46. The Morgan fingerprint density at radius 2 is 1.76 bits per heavy atom. The molecule has 1 aliphatic rings. The Kier molecular flexibility index (Phi) is 6.44. The van der Waals surface area contributed by atoms with Crippen LogP contribution in [0.5, 0.6) is 0 Å². The van der Waals surface area contributed by atoms with Crippen LogP contribution in [-0.4, -0.2) is 51.9 Å². The summed E-state index contributed by atoms with van der Waals surface area (Å²) in [6.07, 6.45) is 0. The largest absolute Gasteiger partial charge is 0.367 e. The zero-order valence-electron chi connectivity index (χ0n) is 17.1. The van der Waals surface area contributed by atoms with Crippen molar-refractivity contribution in [2.45, 2.75) is 25.7 Å². The van der Waals surface area contributed by atoms with Gasteiger partial charge in [0.25, 0.3) is 10.0 Å². The number of anilines is 3. The van der Waals surface area contributed by atoms with Gasteiger partial charge in [0.1, 0.15) is 0 Å². The summed E-state index contributed by atoms with van der Waals surface area (Å²) < 4.78 is 29.0. The summed E-state index contributed by atoms with van der Waals surface area (Å²) >= 11 is 0. The van der Waals surface area contributed by atoms with E-state index in [9.17, 15) is 13.2 Å². The van der Waals surface area contributed by atoms with Crippen molar-refractivity contribution in [2.24, 2.45) is 0 Å². The van der Waals surface area contributed by atoms with Gasteiger partial charge in [-0.05, 0) is 43.3 Å². The maximum absolute atomic E-state index is 13.1. The van der Waals surface area contributed by atoms with Crippen molar-refractivity contribution in [3.8, 4) is 0 Å². The van der Waals surface area contributed by atoms with Gasteiger partial charge in [-0.2, -0.15) is 0 Å². The van der Waals surface area contributed by atoms with Gasteiger partial charge >= 0.3 is 0 Å². The predicted molar refractivity (Wildman–Crippen MR) is 117 cm³/mol. The van der Waals surface area contributed by atoms with Crippen LogP contribution >= 0.6 is 0 Å². The van der Waals surface area contributed by atoms with Crippen molar-refractivity contribution >= 4 is 33.0 Å². The van der Waals surface area contributed by atoms with Crippen LogP contribution in [0.2, 0.25) is 0 Å². The zero-order valence-corrected chi connectivity index (χ0v) is 17.9. The van der Waals surface area contributed by atoms with Crippen LogP contribution in [-0.2, 0) is 14.8 Å². The lowest BCUT2D eigenvalue weighted by Gasteiger charge is -2.36. The van der Waals surface area contributed by atoms with Crippen molar-refractivity contribution in [2.75, 3.05) is 47.7 Å². The molecule has 1 amide bonds. The summed E-state index contributed by atoms with van der Waals surface area (Å²) in [5, 5.41) is 2.64. The maximum atomic E-state index is 13.1. The minimum Gasteiger partial charge on any atom is -0.367 e. The van der Waals surface area contributed by atoms with Crippen LogP contribution in [0.15, 0.2) is 47.4 Å². The SMILES string of the molecule is CCN1CCN(c2ccccc2NS(=O)(=O)c2cc(NC(C)=O)ccc2C)CC1. The molecule has 0 radical (unpaired) electrons. The van der Waals surface area contributed by atoms with Crippen molar-refractivity contribution in [1.82, 2.24) is 4.90 Å². The highest BCUT2D eigenvalue weighted by Crippen LogP contribution is 2.30. The second kappa shape index (κ2) is 8.84. The first-order chi connectivity index (χ1) is 13.8. The van der Waals surface area contributed by atoms with Crippen LogP contribution in [0.25, 0.3) is 0 Å². The number of likely N-dealkylation sites (N-methyl/N-ethyl adjacent to an activating group) is 1. The van der Waals surface area contributed by atoms with E-state index in [0.717, 1.165) is 38.4 Å². The molecule has 0 saturated carbocycles. The normalized spacial score (nSPS) is 15.2. The molecule has 0 unspecified atom stereocenters. The van der Waals surface area contributed by atoms with E-state index in [1.54, 1.807) is 25.1 Å². The fourth-order valence-electron chi connectivity index (χ4n) is 3.51. The number of carbonyl (C=O) groups is 1. The van der Waals surface area contributed by atoms with E-state index < -0.39 is 10.0 Å². The number of nitrogens with zero attached hydrogens (tertiary/aromatic N) is 2. The van der Waals surface area contributed by atoms with Crippen LogP contribution in [0.1, 0.15) is 19.4 Å². The van der Waals surface area contributed by atoms with Gasteiger partial charge in [0, 0.05) is 38.8 Å². The van der Waals surface area contributed by atoms with Crippen LogP contribution in [0.3, 0.4) is 0 Å². The Balaban J connectivity index is 1.87. The van der Waals surface area contributed by atoms with Gasteiger partial charge in [-0.1, -0.05) is 25.1 Å². The van der Waals surface area contributed by atoms with Gasteiger partial charge in [0.2, 0.25) is 5.91 Å². The molecule has 2 N–H and O–H groups in total. The Morgan fingerprint density at radius 1 is 1.07 bits per heavy atom. The van der Waals surface area contributed by atoms with Crippen LogP contribution < -0.4 is 14.9 Å². The molecule has 3 rings (SSSR count). The molecular weight excluding hydrogens is 388 g/mol. The molecule has 8 heteroatoms. The van der Waals surface area contributed by atoms with E-state index in [1.807, 2.05) is 18.2 Å². The Labute approximate surface area is 172 Å². The number of para-hydroxylation sites is 2. The Bertz CT molecular complexity index is 983. The minimum absolute atomic E-state index is 0.148. The Hall–Kier alpha value is -2.58. The maximum Gasteiger partial charge on any atom is 0.262 e. The highest BCUT2D eigenvalue weighted by Gasteiger charge is 2.22. The fraction of sp³-hybridized carbons (Fsp3) is 0.381. The van der Waals surface area contributed by atoms with Gasteiger partial charge in [0.05, 0.1) is 16.3 Å². The van der Waals surface area contributed by atoms with Gasteiger partial charge in [-0.3, -0.25) is 9.52 Å². The number of rotatable bonds is 6. The first-order valence-electron chi connectivity index (χ1n) is 9.77. The third-order valence-electron chi connectivity index (χ3n) is 5.11. The van der Waals surface area contributed by atoms with Gasteiger partial charge < -0.3 is 15.1 Å². The zero-order chi connectivity index (χ0) is 21.0. The number of aryl methyl sites for hydroxylation is 1. The van der Waals surface area contributed by atoms with Crippen molar-refractivity contribution in [3.05, 3.63) is 48.0 Å². The number of piperazine rings is 1. The number of sulfonamides is 1. The van der Waals surface area contributed by atoms with E-state index >= 15 is 0 Å². The third-order valence-corrected chi connectivity index (χ3v) is 6.61. The molecule has 1 heterocycles. The number of hydrogen-bond donors (Lipinski definition) is 2. The van der Waals surface area contributed by atoms with Crippen molar-refractivity contribution < 1.29 is 13.2 Å². The van der Waals surface area contributed by atoms with E-state index in [-0.39, 0.29) is 10.8 Å². The smallest absolute Gasteiger partial charge is 0.262 e. The lowest BCUT2D eigenvalue weighted by molar-refractivity contribution is -0.114. The van der Waals surface area contributed by atoms with Crippen molar-refractivity contribution in [1.29, 1.82) is 0 Å². The van der Waals surface area contributed by atoms with E-state index in [4.69, 9.17) is 0 Å². The first kappa shape index (κ1) is 21.1. The molecule has 1 fully saturated rings. The average Bonchev–Trinajstić information content (AvgIpc) is 2.69. The molecule has 0 spiro atoms. The molecule has 29 heavy (non-hydrogen) atoms. The topological polar surface area (TPSA) is 81.8 Å². The molecule has 156 valence electrons. The van der Waals surface area contributed by atoms with Gasteiger partial charge in [0.15, 0.2) is 0 Å². The molecule has 1 saturated heterocycles. The van der Waals surface area contributed by atoms with E-state index in [2.05, 4.69) is 26.8 Å². The average molecular weight is 417 g/mol.